The van der Waals surface area contributed by atoms with Gasteiger partial charge in [-0.15, -0.1) is 0 Å². The second kappa shape index (κ2) is 9.15. The molecule has 3 aromatic carbocycles. The van der Waals surface area contributed by atoms with Crippen LogP contribution in [-0.4, -0.2) is 31.4 Å². The number of ether oxygens (including phenoxy) is 1. The number of rotatable bonds is 5. The third-order valence-corrected chi connectivity index (χ3v) is 6.92. The Morgan fingerprint density at radius 1 is 0.895 bits per heavy atom. The molecule has 0 saturated heterocycles. The highest BCUT2D eigenvalue weighted by Gasteiger charge is 2.20. The summed E-state index contributed by atoms with van der Waals surface area (Å²) in [4.78, 5) is 22.8. The minimum Gasteiger partial charge on any atom is -0.497 e. The summed E-state index contributed by atoms with van der Waals surface area (Å²) in [6, 6.07) is 23.5. The number of para-hydroxylation sites is 1. The number of hydrogen-bond donors (Lipinski definition) is 1. The lowest BCUT2D eigenvalue weighted by atomic mass is 10.1. The first-order chi connectivity index (χ1) is 18.5. The van der Waals surface area contributed by atoms with Gasteiger partial charge in [0, 0.05) is 11.3 Å². The number of benzene rings is 3. The van der Waals surface area contributed by atoms with Crippen LogP contribution in [-0.2, 0) is 6.54 Å². The Hall–Kier alpha value is -4.98. The Kier molecular flexibility index (Phi) is 5.64. The maximum Gasteiger partial charge on any atom is 0.263 e. The van der Waals surface area contributed by atoms with Crippen molar-refractivity contribution in [3.63, 3.8) is 0 Å². The van der Waals surface area contributed by atoms with Crippen molar-refractivity contribution in [3.05, 3.63) is 106 Å². The largest absolute Gasteiger partial charge is 0.497 e. The van der Waals surface area contributed by atoms with Gasteiger partial charge in [-0.25, -0.2) is 14.6 Å². The van der Waals surface area contributed by atoms with Crippen LogP contribution >= 0.6 is 0 Å². The van der Waals surface area contributed by atoms with E-state index in [0.717, 1.165) is 39.2 Å². The number of anilines is 1. The Balaban J connectivity index is 1.60. The van der Waals surface area contributed by atoms with E-state index < -0.39 is 0 Å². The van der Waals surface area contributed by atoms with Crippen LogP contribution in [0.25, 0.3) is 38.8 Å². The molecule has 0 spiro atoms. The highest BCUT2D eigenvalue weighted by atomic mass is 16.5. The van der Waals surface area contributed by atoms with E-state index in [9.17, 15) is 4.79 Å². The molecule has 8 heteroatoms. The Morgan fingerprint density at radius 3 is 2.42 bits per heavy atom. The monoisotopic (exact) mass is 502 g/mol. The molecule has 3 aromatic heterocycles. The van der Waals surface area contributed by atoms with Gasteiger partial charge < -0.3 is 10.5 Å². The molecule has 0 saturated carbocycles. The maximum atomic E-state index is 14.0. The third kappa shape index (κ3) is 3.78. The molecule has 6 rings (SSSR count). The van der Waals surface area contributed by atoms with Gasteiger partial charge in [-0.05, 0) is 66.8 Å². The van der Waals surface area contributed by atoms with Crippen molar-refractivity contribution in [3.8, 4) is 22.7 Å². The summed E-state index contributed by atoms with van der Waals surface area (Å²) in [7, 11) is 1.63. The number of hydrogen-bond acceptors (Lipinski definition) is 6. The molecule has 38 heavy (non-hydrogen) atoms. The number of nitrogens with zero attached hydrogens (tertiary/aromatic N) is 5. The van der Waals surface area contributed by atoms with Crippen molar-refractivity contribution < 1.29 is 4.74 Å². The summed E-state index contributed by atoms with van der Waals surface area (Å²) < 4.78 is 8.89. The van der Waals surface area contributed by atoms with E-state index in [1.165, 1.54) is 6.33 Å². The Bertz CT molecular complexity index is 1890. The quantitative estimate of drug-likeness (QED) is 0.354. The van der Waals surface area contributed by atoms with E-state index in [1.807, 2.05) is 80.6 Å². The average molecular weight is 503 g/mol. The number of nitrogen functional groups attached to an aromatic ring is 1. The summed E-state index contributed by atoms with van der Waals surface area (Å²) in [5.74, 6) is 1.09. The summed E-state index contributed by atoms with van der Waals surface area (Å²) in [5.41, 5.74) is 11.9. The fourth-order valence-electron chi connectivity index (χ4n) is 5.03. The molecule has 0 atom stereocenters. The molecular weight excluding hydrogens is 476 g/mol. The van der Waals surface area contributed by atoms with Crippen molar-refractivity contribution in [2.75, 3.05) is 12.8 Å². The summed E-state index contributed by atoms with van der Waals surface area (Å²) in [6.07, 6.45) is 1.44. The number of nitrogens with two attached hydrogens (primary N) is 1. The molecule has 8 nitrogen and oxygen atoms in total. The molecule has 0 aliphatic rings. The third-order valence-electron chi connectivity index (χ3n) is 6.92. The number of fused-ring (bicyclic) bond motifs is 2. The maximum absolute atomic E-state index is 14.0. The van der Waals surface area contributed by atoms with E-state index in [2.05, 4.69) is 16.0 Å². The number of aryl methyl sites for hydroxylation is 2. The average Bonchev–Trinajstić information content (AvgIpc) is 3.29. The molecule has 0 amide bonds. The van der Waals surface area contributed by atoms with Gasteiger partial charge in [0.25, 0.3) is 5.56 Å². The van der Waals surface area contributed by atoms with Crippen molar-refractivity contribution in [2.24, 2.45) is 0 Å². The van der Waals surface area contributed by atoms with Crippen LogP contribution in [0.3, 0.4) is 0 Å². The zero-order valence-corrected chi connectivity index (χ0v) is 21.3. The van der Waals surface area contributed by atoms with Crippen LogP contribution in [0.5, 0.6) is 5.75 Å². The number of methoxy groups -OCH3 is 1. The van der Waals surface area contributed by atoms with E-state index in [4.69, 9.17) is 15.6 Å². The topological polar surface area (TPSA) is 101 Å². The second-order valence-corrected chi connectivity index (χ2v) is 9.29. The normalized spacial score (nSPS) is 11.3. The zero-order valence-electron chi connectivity index (χ0n) is 21.3. The SMILES string of the molecule is COc1ccc(-c2nn(Cc3cc4cccc(C)c4c(=O)n3-c3ccccc3C)c3ncnc(N)c23)cc1. The van der Waals surface area contributed by atoms with Crippen LogP contribution < -0.4 is 16.0 Å². The van der Waals surface area contributed by atoms with Crippen LogP contribution in [0.15, 0.2) is 83.9 Å². The molecule has 0 fully saturated rings. The van der Waals surface area contributed by atoms with Gasteiger partial charge in [0.2, 0.25) is 0 Å². The Morgan fingerprint density at radius 2 is 1.66 bits per heavy atom. The van der Waals surface area contributed by atoms with E-state index in [1.54, 1.807) is 16.4 Å². The zero-order chi connectivity index (χ0) is 26.4. The molecule has 0 aliphatic carbocycles. The van der Waals surface area contributed by atoms with Crippen LogP contribution in [0, 0.1) is 13.8 Å². The van der Waals surface area contributed by atoms with Crippen molar-refractivity contribution >= 4 is 27.6 Å². The first-order valence-electron chi connectivity index (χ1n) is 12.3. The lowest BCUT2D eigenvalue weighted by Gasteiger charge is -2.17. The predicted octanol–water partition coefficient (Wildman–Crippen LogP) is 5.05. The molecule has 3 heterocycles. The van der Waals surface area contributed by atoms with Gasteiger partial charge in [0.1, 0.15) is 23.6 Å². The predicted molar refractivity (Wildman–Crippen MR) is 150 cm³/mol. The van der Waals surface area contributed by atoms with Crippen molar-refractivity contribution in [2.45, 2.75) is 20.4 Å². The van der Waals surface area contributed by atoms with Gasteiger partial charge in [0.05, 0.1) is 30.1 Å². The van der Waals surface area contributed by atoms with Crippen molar-refractivity contribution in [1.29, 1.82) is 0 Å². The minimum atomic E-state index is -0.0640. The standard InChI is InChI=1S/C30H26N6O2/c1-18-7-4-5-10-24(18)36-22(15-21-9-6-8-19(2)25(21)30(36)37)16-35-29-26(28(31)32-17-33-29)27(34-35)20-11-13-23(38-3)14-12-20/h4-15,17H,16H2,1-3H3,(H2,31,32,33). The molecule has 188 valence electrons. The van der Waals surface area contributed by atoms with Gasteiger partial charge >= 0.3 is 0 Å². The molecule has 2 N–H and O–H groups in total. The van der Waals surface area contributed by atoms with E-state index in [0.29, 0.717) is 34.5 Å². The lowest BCUT2D eigenvalue weighted by molar-refractivity contribution is 0.415. The number of pyridine rings is 1. The fraction of sp³-hybridized carbons (Fsp3) is 0.133. The summed E-state index contributed by atoms with van der Waals surface area (Å²) in [5, 5.41) is 7.19. The van der Waals surface area contributed by atoms with Gasteiger partial charge in [0.15, 0.2) is 5.65 Å². The van der Waals surface area contributed by atoms with E-state index >= 15 is 0 Å². The molecule has 0 unspecified atom stereocenters. The first kappa shape index (κ1) is 23.4. The lowest BCUT2D eigenvalue weighted by Crippen LogP contribution is -2.25. The fourth-order valence-corrected chi connectivity index (χ4v) is 5.03. The highest BCUT2D eigenvalue weighted by molar-refractivity contribution is 5.98. The summed E-state index contributed by atoms with van der Waals surface area (Å²) in [6.45, 7) is 4.27. The smallest absolute Gasteiger partial charge is 0.263 e. The van der Waals surface area contributed by atoms with E-state index in [-0.39, 0.29) is 5.56 Å². The van der Waals surface area contributed by atoms with Gasteiger partial charge in [-0.3, -0.25) is 9.36 Å². The van der Waals surface area contributed by atoms with Crippen LogP contribution in [0.2, 0.25) is 0 Å². The summed E-state index contributed by atoms with van der Waals surface area (Å²) >= 11 is 0. The molecule has 0 aliphatic heterocycles. The molecule has 0 radical (unpaired) electrons. The van der Waals surface area contributed by atoms with Crippen molar-refractivity contribution in [1.82, 2.24) is 24.3 Å². The van der Waals surface area contributed by atoms with Crippen LogP contribution in [0.1, 0.15) is 16.8 Å². The molecular formula is C30H26N6O2. The second-order valence-electron chi connectivity index (χ2n) is 9.29. The first-order valence-corrected chi connectivity index (χ1v) is 12.3. The van der Waals surface area contributed by atoms with Gasteiger partial charge in [-0.2, -0.15) is 5.10 Å². The molecule has 6 aromatic rings. The Labute approximate surface area is 219 Å². The highest BCUT2D eigenvalue weighted by Crippen LogP contribution is 2.32. The number of aromatic nitrogens is 5. The molecule has 0 bridgehead atoms. The minimum absolute atomic E-state index is 0.0640. The van der Waals surface area contributed by atoms with Crippen LogP contribution in [0.4, 0.5) is 5.82 Å². The van der Waals surface area contributed by atoms with Gasteiger partial charge in [-0.1, -0.05) is 36.4 Å².